The molecule has 0 radical (unpaired) electrons. The van der Waals surface area contributed by atoms with Crippen molar-refractivity contribution >= 4 is 20.9 Å². The summed E-state index contributed by atoms with van der Waals surface area (Å²) in [4.78, 5) is 4.70. The van der Waals surface area contributed by atoms with Gasteiger partial charge in [-0.25, -0.2) is 13.1 Å². The molecule has 0 bridgehead atoms. The normalized spacial score (nSPS) is 11.7. The average Bonchev–Trinajstić information content (AvgIpc) is 2.62. The third-order valence-electron chi connectivity index (χ3n) is 4.04. The first-order valence-electron chi connectivity index (χ1n) is 8.01. The highest BCUT2D eigenvalue weighted by Crippen LogP contribution is 2.16. The summed E-state index contributed by atoms with van der Waals surface area (Å²) in [6.07, 6.45) is 3.24. The zero-order valence-corrected chi connectivity index (χ0v) is 14.4. The van der Waals surface area contributed by atoms with Crippen LogP contribution in [-0.2, 0) is 22.9 Å². The fourth-order valence-electron chi connectivity index (χ4n) is 2.68. The molecule has 0 saturated carbocycles. The van der Waals surface area contributed by atoms with Gasteiger partial charge in [0.15, 0.2) is 0 Å². The number of sulfonamides is 1. The maximum Gasteiger partial charge on any atom is 0.240 e. The molecule has 2 aromatic carbocycles. The maximum atomic E-state index is 12.4. The summed E-state index contributed by atoms with van der Waals surface area (Å²) in [5.41, 5.74) is 3.08. The summed E-state index contributed by atoms with van der Waals surface area (Å²) in [6, 6.07) is 16.9. The van der Waals surface area contributed by atoms with Crippen molar-refractivity contribution in [3.05, 3.63) is 71.9 Å². The van der Waals surface area contributed by atoms with Crippen LogP contribution in [0.3, 0.4) is 0 Å². The van der Waals surface area contributed by atoms with Crippen molar-refractivity contribution in [1.82, 2.24) is 9.71 Å². The lowest BCUT2D eigenvalue weighted by Gasteiger charge is -2.09. The molecule has 0 aliphatic carbocycles. The Kier molecular flexibility index (Phi) is 4.92. The van der Waals surface area contributed by atoms with Crippen molar-refractivity contribution in [2.45, 2.75) is 24.7 Å². The van der Waals surface area contributed by atoms with E-state index in [1.807, 2.05) is 49.4 Å². The van der Waals surface area contributed by atoms with E-state index >= 15 is 0 Å². The molecule has 0 aliphatic rings. The molecule has 0 fully saturated rings. The van der Waals surface area contributed by atoms with Crippen molar-refractivity contribution in [3.8, 4) is 0 Å². The van der Waals surface area contributed by atoms with Crippen LogP contribution < -0.4 is 4.72 Å². The first-order valence-corrected chi connectivity index (χ1v) is 9.50. The third-order valence-corrected chi connectivity index (χ3v) is 5.52. The number of nitrogens with one attached hydrogen (secondary N) is 1. The molecule has 4 nitrogen and oxygen atoms in total. The molecular weight excluding hydrogens is 320 g/mol. The van der Waals surface area contributed by atoms with Crippen LogP contribution in [0.4, 0.5) is 0 Å². The Morgan fingerprint density at radius 1 is 1.00 bits per heavy atom. The van der Waals surface area contributed by atoms with Gasteiger partial charge in [0.05, 0.1) is 10.4 Å². The number of aromatic nitrogens is 1. The van der Waals surface area contributed by atoms with Crippen LogP contribution in [0.25, 0.3) is 10.9 Å². The highest BCUT2D eigenvalue weighted by atomic mass is 32.2. The Balaban J connectivity index is 1.70. The molecule has 3 rings (SSSR count). The van der Waals surface area contributed by atoms with Gasteiger partial charge >= 0.3 is 0 Å². The van der Waals surface area contributed by atoms with Gasteiger partial charge < -0.3 is 0 Å². The van der Waals surface area contributed by atoms with E-state index in [1.54, 1.807) is 18.3 Å². The molecule has 3 aromatic rings. The molecule has 0 saturated heterocycles. The van der Waals surface area contributed by atoms with Crippen LogP contribution >= 0.6 is 0 Å². The zero-order valence-electron chi connectivity index (χ0n) is 13.6. The van der Waals surface area contributed by atoms with Gasteiger partial charge in [0.25, 0.3) is 0 Å². The third kappa shape index (κ3) is 3.63. The number of para-hydroxylation sites is 1. The van der Waals surface area contributed by atoms with Crippen LogP contribution in [-0.4, -0.2) is 19.9 Å². The minimum Gasteiger partial charge on any atom is -0.256 e. The van der Waals surface area contributed by atoms with Crippen LogP contribution in [0, 0.1) is 0 Å². The average molecular weight is 340 g/mol. The predicted molar refractivity (Wildman–Crippen MR) is 96.5 cm³/mol. The molecule has 0 unspecified atom stereocenters. The molecule has 5 heteroatoms. The molecule has 0 atom stereocenters. The largest absolute Gasteiger partial charge is 0.256 e. The van der Waals surface area contributed by atoms with Gasteiger partial charge in [-0.2, -0.15) is 0 Å². The van der Waals surface area contributed by atoms with Gasteiger partial charge in [-0.3, -0.25) is 4.98 Å². The second kappa shape index (κ2) is 7.11. The second-order valence-electron chi connectivity index (χ2n) is 5.64. The van der Waals surface area contributed by atoms with E-state index in [0.29, 0.717) is 17.9 Å². The van der Waals surface area contributed by atoms with E-state index in [-0.39, 0.29) is 0 Å². The van der Waals surface area contributed by atoms with E-state index < -0.39 is 10.0 Å². The molecule has 0 aliphatic heterocycles. The monoisotopic (exact) mass is 340 g/mol. The topological polar surface area (TPSA) is 59.1 Å². The summed E-state index contributed by atoms with van der Waals surface area (Å²) in [5, 5.41) is 1.06. The number of aryl methyl sites for hydroxylation is 1. The Hall–Kier alpha value is -2.24. The number of pyridine rings is 1. The van der Waals surface area contributed by atoms with Gasteiger partial charge in [-0.15, -0.1) is 0 Å². The Morgan fingerprint density at radius 2 is 1.75 bits per heavy atom. The lowest BCUT2D eigenvalue weighted by molar-refractivity contribution is 0.581. The van der Waals surface area contributed by atoms with Crippen molar-refractivity contribution in [1.29, 1.82) is 0 Å². The molecular formula is C19H20N2O2S. The molecule has 124 valence electrons. The van der Waals surface area contributed by atoms with Gasteiger partial charge in [0.1, 0.15) is 0 Å². The number of nitrogens with zero attached hydrogens (tertiary/aromatic N) is 1. The smallest absolute Gasteiger partial charge is 0.240 e. The molecule has 1 aromatic heterocycles. The number of hydrogen-bond acceptors (Lipinski definition) is 3. The summed E-state index contributed by atoms with van der Waals surface area (Å²) in [6.45, 7) is 2.38. The SMILES string of the molecule is CCc1ccc(S(=O)(=O)NCCc2cccc3cccnc23)cc1. The van der Waals surface area contributed by atoms with E-state index in [4.69, 9.17) is 0 Å². The fraction of sp³-hybridized carbons (Fsp3) is 0.211. The lowest BCUT2D eigenvalue weighted by Crippen LogP contribution is -2.26. The van der Waals surface area contributed by atoms with Gasteiger partial charge in [0.2, 0.25) is 10.0 Å². The highest BCUT2D eigenvalue weighted by Gasteiger charge is 2.13. The van der Waals surface area contributed by atoms with Gasteiger partial charge in [-0.1, -0.05) is 43.3 Å². The minimum absolute atomic E-state index is 0.302. The molecule has 0 spiro atoms. The Bertz CT molecular complexity index is 930. The first-order chi connectivity index (χ1) is 11.6. The summed E-state index contributed by atoms with van der Waals surface area (Å²) >= 11 is 0. The number of benzene rings is 2. The van der Waals surface area contributed by atoms with Crippen LogP contribution in [0.15, 0.2) is 65.7 Å². The van der Waals surface area contributed by atoms with Crippen molar-refractivity contribution in [3.63, 3.8) is 0 Å². The van der Waals surface area contributed by atoms with Crippen molar-refractivity contribution in [2.24, 2.45) is 0 Å². The van der Waals surface area contributed by atoms with Crippen LogP contribution in [0.5, 0.6) is 0 Å². The first kappa shape index (κ1) is 16.6. The predicted octanol–water partition coefficient (Wildman–Crippen LogP) is 3.32. The molecule has 1 heterocycles. The van der Waals surface area contributed by atoms with Crippen LogP contribution in [0.2, 0.25) is 0 Å². The standard InChI is InChI=1S/C19H20N2O2S/c1-2-15-8-10-18(11-9-15)24(22,23)21-14-12-17-6-3-5-16-7-4-13-20-19(16)17/h3-11,13,21H,2,12,14H2,1H3. The number of hydrogen-bond donors (Lipinski definition) is 1. The highest BCUT2D eigenvalue weighted by molar-refractivity contribution is 7.89. The Morgan fingerprint density at radius 3 is 2.50 bits per heavy atom. The van der Waals surface area contributed by atoms with E-state index in [1.165, 1.54) is 0 Å². The zero-order chi connectivity index (χ0) is 17.0. The fourth-order valence-corrected chi connectivity index (χ4v) is 3.71. The van der Waals surface area contributed by atoms with E-state index in [0.717, 1.165) is 28.5 Å². The number of fused-ring (bicyclic) bond motifs is 1. The lowest BCUT2D eigenvalue weighted by atomic mass is 10.1. The van der Waals surface area contributed by atoms with E-state index in [2.05, 4.69) is 9.71 Å². The summed E-state index contributed by atoms with van der Waals surface area (Å²) in [5.74, 6) is 0. The maximum absolute atomic E-state index is 12.4. The van der Waals surface area contributed by atoms with Gasteiger partial charge in [-0.05, 0) is 42.2 Å². The van der Waals surface area contributed by atoms with Crippen molar-refractivity contribution in [2.75, 3.05) is 6.54 Å². The summed E-state index contributed by atoms with van der Waals surface area (Å²) in [7, 11) is -3.48. The minimum atomic E-state index is -3.48. The van der Waals surface area contributed by atoms with E-state index in [9.17, 15) is 8.42 Å². The Labute approximate surface area is 142 Å². The quantitative estimate of drug-likeness (QED) is 0.749. The summed E-state index contributed by atoms with van der Waals surface area (Å²) < 4.78 is 27.4. The molecule has 1 N–H and O–H groups in total. The van der Waals surface area contributed by atoms with Crippen molar-refractivity contribution < 1.29 is 8.42 Å². The number of rotatable bonds is 6. The second-order valence-corrected chi connectivity index (χ2v) is 7.40. The molecule has 0 amide bonds. The van der Waals surface area contributed by atoms with Gasteiger partial charge in [0, 0.05) is 18.1 Å². The van der Waals surface area contributed by atoms with Crippen LogP contribution in [0.1, 0.15) is 18.1 Å². The molecule has 24 heavy (non-hydrogen) atoms.